The highest BCUT2D eigenvalue weighted by Crippen LogP contribution is 2.35. The number of benzene rings is 1. The van der Waals surface area contributed by atoms with E-state index in [0.717, 1.165) is 28.6 Å². The van der Waals surface area contributed by atoms with Gasteiger partial charge in [0, 0.05) is 4.47 Å². The fraction of sp³-hybridized carbons (Fsp3) is 0.571. The summed E-state index contributed by atoms with van der Waals surface area (Å²) in [6, 6.07) is 6.02. The summed E-state index contributed by atoms with van der Waals surface area (Å²) in [5.74, 6) is 1.53. The largest absolute Gasteiger partial charge is 0.494 e. The molecule has 0 aliphatic rings. The Morgan fingerprint density at radius 3 is 2.59 bits per heavy atom. The molecule has 0 aliphatic carbocycles. The molecule has 96 valence electrons. The maximum absolute atomic E-state index is 6.44. The molecule has 0 heterocycles. The molecular formula is C14H20BrClO. The van der Waals surface area contributed by atoms with Crippen molar-refractivity contribution in [3.05, 3.63) is 28.2 Å². The van der Waals surface area contributed by atoms with E-state index in [0.29, 0.717) is 12.5 Å². The molecule has 0 aliphatic heterocycles. The van der Waals surface area contributed by atoms with Crippen molar-refractivity contribution in [2.24, 2.45) is 5.92 Å². The van der Waals surface area contributed by atoms with Crippen LogP contribution in [0.2, 0.25) is 0 Å². The minimum absolute atomic E-state index is 0.0648. The van der Waals surface area contributed by atoms with E-state index in [1.165, 1.54) is 0 Å². The molecule has 2 unspecified atom stereocenters. The molecule has 3 heteroatoms. The van der Waals surface area contributed by atoms with Gasteiger partial charge in [-0.15, -0.1) is 11.6 Å². The maximum Gasteiger partial charge on any atom is 0.120 e. The number of rotatable bonds is 6. The van der Waals surface area contributed by atoms with Crippen LogP contribution in [0.3, 0.4) is 0 Å². The maximum atomic E-state index is 6.44. The molecule has 0 saturated carbocycles. The van der Waals surface area contributed by atoms with Gasteiger partial charge in [-0.3, -0.25) is 0 Å². The highest BCUT2D eigenvalue weighted by atomic mass is 79.9. The fourth-order valence-corrected chi connectivity index (χ4v) is 2.93. The number of alkyl halides is 1. The molecular weight excluding hydrogens is 300 g/mol. The number of hydrogen-bond donors (Lipinski definition) is 0. The molecule has 1 rings (SSSR count). The van der Waals surface area contributed by atoms with Crippen LogP contribution >= 0.6 is 27.5 Å². The summed E-state index contributed by atoms with van der Waals surface area (Å²) in [4.78, 5) is 0. The molecule has 1 aromatic rings. The normalized spacial score (nSPS) is 14.4. The van der Waals surface area contributed by atoms with Crippen LogP contribution in [0.5, 0.6) is 5.75 Å². The number of ether oxygens (including phenoxy) is 1. The van der Waals surface area contributed by atoms with E-state index in [1.54, 1.807) is 0 Å². The Labute approximate surface area is 118 Å². The Morgan fingerprint density at radius 2 is 2.06 bits per heavy atom. The Balaban J connectivity index is 2.77. The van der Waals surface area contributed by atoms with Crippen LogP contribution in [0.4, 0.5) is 0 Å². The molecule has 2 atom stereocenters. The summed E-state index contributed by atoms with van der Waals surface area (Å²) in [6.45, 7) is 7.09. The van der Waals surface area contributed by atoms with E-state index in [2.05, 4.69) is 35.8 Å². The second kappa shape index (κ2) is 7.27. The van der Waals surface area contributed by atoms with Gasteiger partial charge in [0.15, 0.2) is 0 Å². The molecule has 1 aromatic carbocycles. The van der Waals surface area contributed by atoms with Crippen LogP contribution < -0.4 is 4.74 Å². The molecule has 1 nitrogen and oxygen atoms in total. The first-order chi connectivity index (χ1) is 8.08. The van der Waals surface area contributed by atoms with Crippen molar-refractivity contribution in [1.29, 1.82) is 0 Å². The van der Waals surface area contributed by atoms with Gasteiger partial charge in [-0.05, 0) is 37.0 Å². The van der Waals surface area contributed by atoms with Crippen molar-refractivity contribution < 1.29 is 4.74 Å². The second-order valence-corrected chi connectivity index (χ2v) is 5.71. The molecule has 0 saturated heterocycles. The van der Waals surface area contributed by atoms with E-state index in [4.69, 9.17) is 16.3 Å². The number of halogens is 2. The minimum atomic E-state index is 0.0648. The zero-order valence-corrected chi connectivity index (χ0v) is 13.0. The SMILES string of the molecule is CCOc1ccc(C(Cl)CC(C)CC)c(Br)c1. The number of hydrogen-bond acceptors (Lipinski definition) is 1. The summed E-state index contributed by atoms with van der Waals surface area (Å²) < 4.78 is 6.48. The van der Waals surface area contributed by atoms with Gasteiger partial charge in [0.05, 0.1) is 12.0 Å². The summed E-state index contributed by atoms with van der Waals surface area (Å²) >= 11 is 10.0. The van der Waals surface area contributed by atoms with Gasteiger partial charge in [0.25, 0.3) is 0 Å². The quantitative estimate of drug-likeness (QED) is 0.623. The first-order valence-electron chi connectivity index (χ1n) is 6.14. The van der Waals surface area contributed by atoms with Gasteiger partial charge in [-0.25, -0.2) is 0 Å². The lowest BCUT2D eigenvalue weighted by atomic mass is 9.98. The molecule has 0 bridgehead atoms. The summed E-state index contributed by atoms with van der Waals surface area (Å²) in [5, 5.41) is 0.0648. The average Bonchev–Trinajstić information content (AvgIpc) is 2.29. The molecule has 0 radical (unpaired) electrons. The van der Waals surface area contributed by atoms with Crippen molar-refractivity contribution in [1.82, 2.24) is 0 Å². The van der Waals surface area contributed by atoms with Crippen molar-refractivity contribution in [3.63, 3.8) is 0 Å². The molecule has 0 N–H and O–H groups in total. The van der Waals surface area contributed by atoms with Crippen molar-refractivity contribution >= 4 is 27.5 Å². The lowest BCUT2D eigenvalue weighted by Crippen LogP contribution is -2.00. The van der Waals surface area contributed by atoms with E-state index in [1.807, 2.05) is 19.1 Å². The highest BCUT2D eigenvalue weighted by Gasteiger charge is 2.15. The average molecular weight is 320 g/mol. The van der Waals surface area contributed by atoms with Crippen LogP contribution in [-0.4, -0.2) is 6.61 Å². The van der Waals surface area contributed by atoms with Crippen LogP contribution in [0, 0.1) is 5.92 Å². The van der Waals surface area contributed by atoms with Crippen LogP contribution in [0.25, 0.3) is 0 Å². The summed E-state index contributed by atoms with van der Waals surface area (Å²) in [7, 11) is 0. The first-order valence-corrected chi connectivity index (χ1v) is 7.37. The minimum Gasteiger partial charge on any atom is -0.494 e. The third kappa shape index (κ3) is 4.51. The molecule has 0 fully saturated rings. The van der Waals surface area contributed by atoms with E-state index < -0.39 is 0 Å². The van der Waals surface area contributed by atoms with Gasteiger partial charge < -0.3 is 4.74 Å². The zero-order chi connectivity index (χ0) is 12.8. The van der Waals surface area contributed by atoms with E-state index >= 15 is 0 Å². The summed E-state index contributed by atoms with van der Waals surface area (Å²) in [5.41, 5.74) is 1.15. The Morgan fingerprint density at radius 1 is 1.35 bits per heavy atom. The van der Waals surface area contributed by atoms with Crippen LogP contribution in [0.15, 0.2) is 22.7 Å². The van der Waals surface area contributed by atoms with Crippen molar-refractivity contribution in [2.45, 2.75) is 39.0 Å². The predicted octanol–water partition coefficient (Wildman–Crippen LogP) is 5.56. The second-order valence-electron chi connectivity index (χ2n) is 4.33. The molecule has 0 amide bonds. The van der Waals surface area contributed by atoms with Gasteiger partial charge in [-0.2, -0.15) is 0 Å². The lowest BCUT2D eigenvalue weighted by Gasteiger charge is -2.16. The molecule has 0 aromatic heterocycles. The Bertz CT molecular complexity index is 354. The Hall–Kier alpha value is -0.210. The zero-order valence-electron chi connectivity index (χ0n) is 10.7. The molecule has 17 heavy (non-hydrogen) atoms. The third-order valence-corrected chi connectivity index (χ3v) is 4.03. The smallest absolute Gasteiger partial charge is 0.120 e. The molecule has 0 spiro atoms. The third-order valence-electron chi connectivity index (χ3n) is 2.93. The highest BCUT2D eigenvalue weighted by molar-refractivity contribution is 9.10. The van der Waals surface area contributed by atoms with Crippen molar-refractivity contribution in [3.8, 4) is 5.75 Å². The van der Waals surface area contributed by atoms with E-state index in [-0.39, 0.29) is 5.38 Å². The monoisotopic (exact) mass is 318 g/mol. The fourth-order valence-electron chi connectivity index (χ4n) is 1.67. The van der Waals surface area contributed by atoms with Gasteiger partial charge in [0.1, 0.15) is 5.75 Å². The summed E-state index contributed by atoms with van der Waals surface area (Å²) in [6.07, 6.45) is 2.17. The lowest BCUT2D eigenvalue weighted by molar-refractivity contribution is 0.340. The first kappa shape index (κ1) is 14.8. The Kier molecular flexibility index (Phi) is 6.35. The van der Waals surface area contributed by atoms with Gasteiger partial charge in [0.2, 0.25) is 0 Å². The van der Waals surface area contributed by atoms with Crippen LogP contribution in [0.1, 0.15) is 44.6 Å². The van der Waals surface area contributed by atoms with Crippen LogP contribution in [-0.2, 0) is 0 Å². The van der Waals surface area contributed by atoms with Gasteiger partial charge >= 0.3 is 0 Å². The van der Waals surface area contributed by atoms with Crippen molar-refractivity contribution in [2.75, 3.05) is 6.61 Å². The van der Waals surface area contributed by atoms with E-state index in [9.17, 15) is 0 Å². The predicted molar refractivity (Wildman–Crippen MR) is 78.0 cm³/mol. The van der Waals surface area contributed by atoms with Gasteiger partial charge in [-0.1, -0.05) is 42.3 Å². The standard InChI is InChI=1S/C14H20BrClO/c1-4-10(3)8-14(16)12-7-6-11(17-5-2)9-13(12)15/h6-7,9-10,14H,4-5,8H2,1-3H3. The topological polar surface area (TPSA) is 9.23 Å².